The highest BCUT2D eigenvalue weighted by Crippen LogP contribution is 2.21. The quantitative estimate of drug-likeness (QED) is 0.947. The molecule has 0 amide bonds. The Labute approximate surface area is 111 Å². The van der Waals surface area contributed by atoms with Gasteiger partial charge in [0.2, 0.25) is 0 Å². The molecule has 0 fully saturated rings. The van der Waals surface area contributed by atoms with Crippen LogP contribution < -0.4 is 0 Å². The highest BCUT2D eigenvalue weighted by atomic mass is 79.9. The molecule has 90 valence electrons. The van der Waals surface area contributed by atoms with Gasteiger partial charge in [-0.25, -0.2) is 9.78 Å². The summed E-state index contributed by atoms with van der Waals surface area (Å²) in [5, 5.41) is 9.87. The van der Waals surface area contributed by atoms with E-state index in [1.165, 1.54) is 4.88 Å². The van der Waals surface area contributed by atoms with Crippen LogP contribution in [0.1, 0.15) is 25.9 Å². The number of carbonyl (C=O) groups is 1. The van der Waals surface area contributed by atoms with Crippen LogP contribution in [0.25, 0.3) is 0 Å². The molecule has 0 saturated carbocycles. The van der Waals surface area contributed by atoms with Crippen molar-refractivity contribution in [2.75, 3.05) is 0 Å². The minimum atomic E-state index is -0.920. The highest BCUT2D eigenvalue weighted by molar-refractivity contribution is 9.10. The molecule has 4 nitrogen and oxygen atoms in total. The van der Waals surface area contributed by atoms with E-state index >= 15 is 0 Å². The fourth-order valence-electron chi connectivity index (χ4n) is 1.47. The third-order valence-corrected chi connectivity index (χ3v) is 4.21. The van der Waals surface area contributed by atoms with Gasteiger partial charge >= 0.3 is 5.97 Å². The van der Waals surface area contributed by atoms with Crippen molar-refractivity contribution >= 4 is 33.2 Å². The molecule has 0 unspecified atom stereocenters. The zero-order chi connectivity index (χ0) is 12.6. The molecule has 0 radical (unpaired) electrons. The SMILES string of the molecule is Cc1nc(Cn2cc(C(=O)O)cc2Br)sc1C. The van der Waals surface area contributed by atoms with E-state index in [4.69, 9.17) is 5.11 Å². The fraction of sp³-hybridized carbons (Fsp3) is 0.273. The maximum Gasteiger partial charge on any atom is 0.337 e. The van der Waals surface area contributed by atoms with E-state index in [0.717, 1.165) is 15.3 Å². The molecule has 2 aromatic heterocycles. The molecular formula is C11H11BrN2O2S. The number of rotatable bonds is 3. The second kappa shape index (κ2) is 4.62. The van der Waals surface area contributed by atoms with E-state index < -0.39 is 5.97 Å². The van der Waals surface area contributed by atoms with Gasteiger partial charge in [0.15, 0.2) is 0 Å². The van der Waals surface area contributed by atoms with Crippen molar-refractivity contribution in [3.63, 3.8) is 0 Å². The molecule has 0 aliphatic heterocycles. The first-order valence-corrected chi connectivity index (χ1v) is 6.60. The number of nitrogens with zero attached hydrogens (tertiary/aromatic N) is 2. The molecule has 2 heterocycles. The average molecular weight is 315 g/mol. The van der Waals surface area contributed by atoms with Crippen LogP contribution >= 0.6 is 27.3 Å². The van der Waals surface area contributed by atoms with Gasteiger partial charge in [-0.15, -0.1) is 11.3 Å². The molecule has 0 saturated heterocycles. The van der Waals surface area contributed by atoms with Gasteiger partial charge in [-0.2, -0.15) is 0 Å². The third-order valence-electron chi connectivity index (χ3n) is 2.47. The Morgan fingerprint density at radius 2 is 2.29 bits per heavy atom. The summed E-state index contributed by atoms with van der Waals surface area (Å²) in [6.45, 7) is 4.60. The van der Waals surface area contributed by atoms with Crippen LogP contribution in [0.4, 0.5) is 0 Å². The van der Waals surface area contributed by atoms with Crippen molar-refractivity contribution in [2.45, 2.75) is 20.4 Å². The summed E-state index contributed by atoms with van der Waals surface area (Å²) in [7, 11) is 0. The molecule has 0 aliphatic rings. The number of carboxylic acids is 1. The summed E-state index contributed by atoms with van der Waals surface area (Å²) in [6, 6.07) is 1.59. The zero-order valence-corrected chi connectivity index (χ0v) is 11.8. The Morgan fingerprint density at radius 1 is 1.59 bits per heavy atom. The van der Waals surface area contributed by atoms with Gasteiger partial charge in [0, 0.05) is 11.1 Å². The van der Waals surface area contributed by atoms with Crippen molar-refractivity contribution in [2.24, 2.45) is 0 Å². The van der Waals surface area contributed by atoms with Crippen LogP contribution in [0, 0.1) is 13.8 Å². The number of aryl methyl sites for hydroxylation is 2. The van der Waals surface area contributed by atoms with Gasteiger partial charge in [0.05, 0.1) is 22.4 Å². The second-order valence-corrected chi connectivity index (χ2v) is 5.83. The Bertz CT molecular complexity index is 555. The number of carboxylic acid groups (broad SMARTS) is 1. The van der Waals surface area contributed by atoms with Gasteiger partial charge in [-0.05, 0) is 35.8 Å². The summed E-state index contributed by atoms with van der Waals surface area (Å²) >= 11 is 4.98. The van der Waals surface area contributed by atoms with E-state index in [2.05, 4.69) is 20.9 Å². The first-order chi connectivity index (χ1) is 7.97. The van der Waals surface area contributed by atoms with Crippen molar-refractivity contribution in [1.29, 1.82) is 0 Å². The third kappa shape index (κ3) is 2.58. The van der Waals surface area contributed by atoms with E-state index in [1.807, 2.05) is 18.4 Å². The lowest BCUT2D eigenvalue weighted by atomic mass is 10.4. The van der Waals surface area contributed by atoms with E-state index in [0.29, 0.717) is 6.54 Å². The maximum atomic E-state index is 10.8. The molecule has 0 bridgehead atoms. The second-order valence-electron chi connectivity index (χ2n) is 3.73. The van der Waals surface area contributed by atoms with Gasteiger partial charge in [-0.3, -0.25) is 0 Å². The Kier molecular flexibility index (Phi) is 3.35. The van der Waals surface area contributed by atoms with Crippen LogP contribution in [0.2, 0.25) is 0 Å². The molecule has 0 spiro atoms. The number of hydrogen-bond acceptors (Lipinski definition) is 3. The average Bonchev–Trinajstić information content (AvgIpc) is 2.73. The van der Waals surface area contributed by atoms with E-state index in [1.54, 1.807) is 23.6 Å². The molecule has 2 aromatic rings. The van der Waals surface area contributed by atoms with Crippen molar-refractivity contribution < 1.29 is 9.90 Å². The number of hydrogen-bond donors (Lipinski definition) is 1. The summed E-state index contributed by atoms with van der Waals surface area (Å²) < 4.78 is 2.58. The lowest BCUT2D eigenvalue weighted by molar-refractivity contribution is 0.0697. The smallest absolute Gasteiger partial charge is 0.337 e. The van der Waals surface area contributed by atoms with Gasteiger partial charge in [0.25, 0.3) is 0 Å². The van der Waals surface area contributed by atoms with Crippen LogP contribution in [0.5, 0.6) is 0 Å². The molecular weight excluding hydrogens is 304 g/mol. The van der Waals surface area contributed by atoms with Gasteiger partial charge < -0.3 is 9.67 Å². The van der Waals surface area contributed by atoms with E-state index in [9.17, 15) is 4.79 Å². The summed E-state index contributed by atoms with van der Waals surface area (Å²) in [6.07, 6.45) is 1.61. The van der Waals surface area contributed by atoms with Crippen LogP contribution in [0.3, 0.4) is 0 Å². The number of aromatic nitrogens is 2. The Hall–Kier alpha value is -1.14. The number of halogens is 1. The van der Waals surface area contributed by atoms with Gasteiger partial charge in [0.1, 0.15) is 5.01 Å². The zero-order valence-electron chi connectivity index (χ0n) is 9.40. The molecule has 17 heavy (non-hydrogen) atoms. The first kappa shape index (κ1) is 12.3. The number of thiazole rings is 1. The maximum absolute atomic E-state index is 10.8. The molecule has 2 rings (SSSR count). The van der Waals surface area contributed by atoms with Crippen molar-refractivity contribution in [1.82, 2.24) is 9.55 Å². The standard InChI is InChI=1S/C11H11BrN2O2S/c1-6-7(2)17-10(13-6)5-14-4-8(11(15)16)3-9(14)12/h3-4H,5H2,1-2H3,(H,15,16). The van der Waals surface area contributed by atoms with Crippen LogP contribution in [-0.2, 0) is 6.54 Å². The predicted octanol–water partition coefficient (Wildman–Crippen LogP) is 3.07. The Morgan fingerprint density at radius 3 is 2.76 bits per heavy atom. The number of aromatic carboxylic acids is 1. The highest BCUT2D eigenvalue weighted by Gasteiger charge is 2.11. The monoisotopic (exact) mass is 314 g/mol. The largest absolute Gasteiger partial charge is 0.478 e. The molecule has 0 atom stereocenters. The molecule has 0 aromatic carbocycles. The summed E-state index contributed by atoms with van der Waals surface area (Å²) in [5.74, 6) is -0.920. The minimum Gasteiger partial charge on any atom is -0.478 e. The minimum absolute atomic E-state index is 0.280. The Balaban J connectivity index is 2.26. The first-order valence-electron chi connectivity index (χ1n) is 4.99. The summed E-state index contributed by atoms with van der Waals surface area (Å²) in [5.41, 5.74) is 1.31. The van der Waals surface area contributed by atoms with Gasteiger partial charge in [-0.1, -0.05) is 0 Å². The van der Waals surface area contributed by atoms with Crippen molar-refractivity contribution in [3.8, 4) is 0 Å². The van der Waals surface area contributed by atoms with Crippen LogP contribution in [0.15, 0.2) is 16.9 Å². The summed E-state index contributed by atoms with van der Waals surface area (Å²) in [4.78, 5) is 16.5. The lowest BCUT2D eigenvalue weighted by Gasteiger charge is -2.00. The predicted molar refractivity (Wildman–Crippen MR) is 69.8 cm³/mol. The van der Waals surface area contributed by atoms with Crippen LogP contribution in [-0.4, -0.2) is 20.6 Å². The topological polar surface area (TPSA) is 55.1 Å². The molecule has 6 heteroatoms. The van der Waals surface area contributed by atoms with Crippen molar-refractivity contribution in [3.05, 3.63) is 38.0 Å². The lowest BCUT2D eigenvalue weighted by Crippen LogP contribution is -1.98. The molecule has 0 aliphatic carbocycles. The normalized spacial score (nSPS) is 10.8. The molecule has 1 N–H and O–H groups in total. The fourth-order valence-corrected chi connectivity index (χ4v) is 2.88. The van der Waals surface area contributed by atoms with E-state index in [-0.39, 0.29) is 5.56 Å².